The van der Waals surface area contributed by atoms with Gasteiger partial charge in [-0.2, -0.15) is 0 Å². The van der Waals surface area contributed by atoms with Gasteiger partial charge in [0.05, 0.1) is 6.04 Å². The molecular formula is C15H14F3N3O3. The molecule has 0 aliphatic carbocycles. The standard InChI is InChI=1S/C15H14F3N3O3/c1-8(10-3-5-11(6-4-10)24-15(16,17)18)19-14(23)12-7-13(22)21-9(2)20-12/h3-8H,1-2H3,(H,19,23)(H,20,21,22)/t8-/m1/s1. The number of aromatic amines is 1. The summed E-state index contributed by atoms with van der Waals surface area (Å²) in [5, 5.41) is 2.62. The van der Waals surface area contributed by atoms with Gasteiger partial charge in [0.1, 0.15) is 17.3 Å². The molecule has 1 aromatic carbocycles. The van der Waals surface area contributed by atoms with E-state index in [0.29, 0.717) is 11.4 Å². The van der Waals surface area contributed by atoms with Crippen molar-refractivity contribution in [1.82, 2.24) is 15.3 Å². The lowest BCUT2D eigenvalue weighted by Gasteiger charge is -2.15. The SMILES string of the molecule is Cc1nc(C(=O)N[C@H](C)c2ccc(OC(F)(F)F)cc2)cc(=O)[nH]1. The molecule has 1 amide bonds. The molecule has 24 heavy (non-hydrogen) atoms. The van der Waals surface area contributed by atoms with Crippen LogP contribution in [0, 0.1) is 6.92 Å². The first-order valence-corrected chi connectivity index (χ1v) is 6.88. The van der Waals surface area contributed by atoms with Gasteiger partial charge in [-0.15, -0.1) is 13.2 Å². The minimum absolute atomic E-state index is 0.0416. The molecule has 0 aliphatic rings. The van der Waals surface area contributed by atoms with Gasteiger partial charge in [0.25, 0.3) is 11.5 Å². The van der Waals surface area contributed by atoms with Crippen molar-refractivity contribution in [2.75, 3.05) is 0 Å². The first-order chi connectivity index (χ1) is 11.1. The highest BCUT2D eigenvalue weighted by molar-refractivity contribution is 5.92. The quantitative estimate of drug-likeness (QED) is 0.895. The Labute approximate surface area is 134 Å². The summed E-state index contributed by atoms with van der Waals surface area (Å²) in [6.07, 6.45) is -4.76. The van der Waals surface area contributed by atoms with E-state index in [1.165, 1.54) is 12.1 Å². The third-order valence-electron chi connectivity index (χ3n) is 3.05. The van der Waals surface area contributed by atoms with E-state index in [0.717, 1.165) is 18.2 Å². The topological polar surface area (TPSA) is 84.1 Å². The van der Waals surface area contributed by atoms with Crippen molar-refractivity contribution >= 4 is 5.91 Å². The second kappa shape index (κ2) is 6.73. The van der Waals surface area contributed by atoms with Crippen LogP contribution in [0.1, 0.15) is 34.8 Å². The van der Waals surface area contributed by atoms with Crippen LogP contribution >= 0.6 is 0 Å². The lowest BCUT2D eigenvalue weighted by molar-refractivity contribution is -0.274. The lowest BCUT2D eigenvalue weighted by atomic mass is 10.1. The molecule has 9 heteroatoms. The number of nitrogens with one attached hydrogen (secondary N) is 2. The van der Waals surface area contributed by atoms with Crippen LogP contribution in [0.3, 0.4) is 0 Å². The molecule has 1 heterocycles. The van der Waals surface area contributed by atoms with Crippen LogP contribution in [0.25, 0.3) is 0 Å². The molecule has 1 atom stereocenters. The predicted molar refractivity (Wildman–Crippen MR) is 78.6 cm³/mol. The van der Waals surface area contributed by atoms with Gasteiger partial charge in [0.15, 0.2) is 0 Å². The minimum Gasteiger partial charge on any atom is -0.406 e. The molecule has 0 saturated carbocycles. The summed E-state index contributed by atoms with van der Waals surface area (Å²) >= 11 is 0. The van der Waals surface area contributed by atoms with Gasteiger partial charge < -0.3 is 15.0 Å². The highest BCUT2D eigenvalue weighted by Crippen LogP contribution is 2.24. The molecule has 128 valence electrons. The Balaban J connectivity index is 2.07. The van der Waals surface area contributed by atoms with Crippen molar-refractivity contribution in [2.45, 2.75) is 26.3 Å². The van der Waals surface area contributed by atoms with E-state index in [2.05, 4.69) is 20.0 Å². The molecule has 0 fully saturated rings. The number of aromatic nitrogens is 2. The fourth-order valence-electron chi connectivity index (χ4n) is 2.01. The van der Waals surface area contributed by atoms with Gasteiger partial charge in [-0.25, -0.2) is 4.98 Å². The largest absolute Gasteiger partial charge is 0.573 e. The number of benzene rings is 1. The first kappa shape index (κ1) is 17.5. The zero-order chi connectivity index (χ0) is 17.9. The Bertz CT molecular complexity index is 785. The van der Waals surface area contributed by atoms with Crippen LogP contribution in [0.2, 0.25) is 0 Å². The van der Waals surface area contributed by atoms with Crippen molar-refractivity contribution < 1.29 is 22.7 Å². The molecule has 6 nitrogen and oxygen atoms in total. The number of nitrogens with zero attached hydrogens (tertiary/aromatic N) is 1. The van der Waals surface area contributed by atoms with Gasteiger partial charge in [-0.05, 0) is 31.5 Å². The summed E-state index contributed by atoms with van der Waals surface area (Å²) in [4.78, 5) is 29.8. The van der Waals surface area contributed by atoms with Crippen LogP contribution in [-0.4, -0.2) is 22.2 Å². The normalized spacial score (nSPS) is 12.5. The van der Waals surface area contributed by atoms with Gasteiger partial charge in [0.2, 0.25) is 0 Å². The fourth-order valence-corrected chi connectivity index (χ4v) is 2.01. The summed E-state index contributed by atoms with van der Waals surface area (Å²) in [5.41, 5.74) is 0.0773. The number of aryl methyl sites for hydroxylation is 1. The van der Waals surface area contributed by atoms with Crippen molar-refractivity contribution in [2.24, 2.45) is 0 Å². The maximum absolute atomic E-state index is 12.1. The summed E-state index contributed by atoms with van der Waals surface area (Å²) in [5.74, 6) is -0.613. The average Bonchev–Trinajstić information content (AvgIpc) is 2.45. The van der Waals surface area contributed by atoms with Crippen molar-refractivity contribution in [1.29, 1.82) is 0 Å². The average molecular weight is 341 g/mol. The Morgan fingerprint density at radius 3 is 2.46 bits per heavy atom. The maximum Gasteiger partial charge on any atom is 0.573 e. The monoisotopic (exact) mass is 341 g/mol. The van der Waals surface area contributed by atoms with Crippen molar-refractivity contribution in [3.05, 3.63) is 57.8 Å². The van der Waals surface area contributed by atoms with Crippen LogP contribution in [0.15, 0.2) is 35.1 Å². The van der Waals surface area contributed by atoms with Gasteiger partial charge in [0, 0.05) is 6.07 Å². The smallest absolute Gasteiger partial charge is 0.406 e. The second-order valence-corrected chi connectivity index (χ2v) is 5.03. The number of ether oxygens (including phenoxy) is 1. The maximum atomic E-state index is 12.1. The summed E-state index contributed by atoms with van der Waals surface area (Å²) < 4.78 is 40.1. The van der Waals surface area contributed by atoms with Crippen LogP contribution in [0.5, 0.6) is 5.75 Å². The Kier molecular flexibility index (Phi) is 4.91. The number of H-pyrrole nitrogens is 1. The molecule has 2 rings (SSSR count). The zero-order valence-corrected chi connectivity index (χ0v) is 12.8. The molecule has 2 aromatic rings. The Morgan fingerprint density at radius 2 is 1.92 bits per heavy atom. The number of carbonyl (C=O) groups is 1. The predicted octanol–water partition coefficient (Wildman–Crippen LogP) is 2.47. The Morgan fingerprint density at radius 1 is 1.29 bits per heavy atom. The van der Waals surface area contributed by atoms with E-state index in [9.17, 15) is 22.8 Å². The molecule has 0 unspecified atom stereocenters. The van der Waals surface area contributed by atoms with Crippen LogP contribution < -0.4 is 15.6 Å². The number of hydrogen-bond donors (Lipinski definition) is 2. The minimum atomic E-state index is -4.76. The highest BCUT2D eigenvalue weighted by Gasteiger charge is 2.31. The van der Waals surface area contributed by atoms with E-state index in [1.54, 1.807) is 13.8 Å². The molecule has 0 saturated heterocycles. The number of rotatable bonds is 4. The molecule has 2 N–H and O–H groups in total. The molecule has 0 aliphatic heterocycles. The summed E-state index contributed by atoms with van der Waals surface area (Å²) in [7, 11) is 0. The summed E-state index contributed by atoms with van der Waals surface area (Å²) in [6.45, 7) is 3.19. The number of halogens is 3. The summed E-state index contributed by atoms with van der Waals surface area (Å²) in [6, 6.07) is 5.68. The lowest BCUT2D eigenvalue weighted by Crippen LogP contribution is -2.29. The Hall–Kier alpha value is -2.84. The molecular weight excluding hydrogens is 327 g/mol. The van der Waals surface area contributed by atoms with E-state index in [4.69, 9.17) is 0 Å². The number of carbonyl (C=O) groups excluding carboxylic acids is 1. The van der Waals surface area contributed by atoms with E-state index < -0.39 is 23.9 Å². The van der Waals surface area contributed by atoms with Crippen molar-refractivity contribution in [3.8, 4) is 5.75 Å². The number of hydrogen-bond acceptors (Lipinski definition) is 4. The van der Waals surface area contributed by atoms with E-state index in [1.807, 2.05) is 0 Å². The van der Waals surface area contributed by atoms with Crippen LogP contribution in [0.4, 0.5) is 13.2 Å². The highest BCUT2D eigenvalue weighted by atomic mass is 19.4. The van der Waals surface area contributed by atoms with E-state index in [-0.39, 0.29) is 11.4 Å². The van der Waals surface area contributed by atoms with Gasteiger partial charge in [-0.1, -0.05) is 12.1 Å². The van der Waals surface area contributed by atoms with E-state index >= 15 is 0 Å². The van der Waals surface area contributed by atoms with Crippen molar-refractivity contribution in [3.63, 3.8) is 0 Å². The fraction of sp³-hybridized carbons (Fsp3) is 0.267. The number of amides is 1. The van der Waals surface area contributed by atoms with Crippen LogP contribution in [-0.2, 0) is 0 Å². The second-order valence-electron chi connectivity index (χ2n) is 5.03. The van der Waals surface area contributed by atoms with Gasteiger partial charge in [-0.3, -0.25) is 9.59 Å². The molecule has 0 spiro atoms. The third-order valence-corrected chi connectivity index (χ3v) is 3.05. The van der Waals surface area contributed by atoms with Gasteiger partial charge >= 0.3 is 6.36 Å². The zero-order valence-electron chi connectivity index (χ0n) is 12.8. The molecule has 0 radical (unpaired) electrons. The number of alkyl halides is 3. The third kappa shape index (κ3) is 4.83. The first-order valence-electron chi connectivity index (χ1n) is 6.88. The molecule has 1 aromatic heterocycles. The molecule has 0 bridgehead atoms.